The van der Waals surface area contributed by atoms with Crippen LogP contribution in [0.5, 0.6) is 5.75 Å². The Hall–Kier alpha value is -2.38. The number of carbonyl (C=O) groups excluding carboxylic acids is 2. The molecule has 0 atom stereocenters. The quantitative estimate of drug-likeness (QED) is 0.444. The summed E-state index contributed by atoms with van der Waals surface area (Å²) in [5.74, 6) is 0.312. The number of ether oxygens (including phenoxy) is 2. The average Bonchev–Trinajstić information content (AvgIpc) is 2.99. The monoisotopic (exact) mass is 429 g/mol. The molecule has 0 unspecified atom stereocenters. The summed E-state index contributed by atoms with van der Waals surface area (Å²) in [5, 5.41) is 0. The van der Waals surface area contributed by atoms with Crippen LogP contribution in [0.15, 0.2) is 30.0 Å². The van der Waals surface area contributed by atoms with Crippen molar-refractivity contribution in [1.82, 2.24) is 14.7 Å². The number of carbonyl (C=O) groups is 2. The molecular formula is C24H35N3O4. The fourth-order valence-electron chi connectivity index (χ4n) is 4.26. The maximum Gasteiger partial charge on any atom is 0.277 e. The van der Waals surface area contributed by atoms with Gasteiger partial charge in [0.2, 0.25) is 0 Å². The first-order chi connectivity index (χ1) is 14.8. The van der Waals surface area contributed by atoms with E-state index in [9.17, 15) is 9.59 Å². The van der Waals surface area contributed by atoms with E-state index in [1.165, 1.54) is 4.90 Å². The summed E-state index contributed by atoms with van der Waals surface area (Å²) in [6.45, 7) is 6.78. The second-order valence-corrected chi connectivity index (χ2v) is 8.67. The summed E-state index contributed by atoms with van der Waals surface area (Å²) >= 11 is 0. The second kappa shape index (κ2) is 10.3. The van der Waals surface area contributed by atoms with Crippen LogP contribution in [0.4, 0.5) is 0 Å². The molecule has 7 nitrogen and oxygen atoms in total. The standard InChI is InChI=1S/C24H35N3O4/c1-17(2)31-20-9-7-18(8-10-20)21-22(26(4)19-11-14-25(3)15-12-19)24(29)27(23(21)28)13-6-16-30-5/h7-10,17,19H,6,11-16H2,1-5H3. The Labute approximate surface area is 185 Å². The van der Waals surface area contributed by atoms with Crippen LogP contribution in [0, 0.1) is 0 Å². The second-order valence-electron chi connectivity index (χ2n) is 8.67. The van der Waals surface area contributed by atoms with Gasteiger partial charge in [-0.15, -0.1) is 0 Å². The molecular weight excluding hydrogens is 394 g/mol. The molecule has 2 aliphatic heterocycles. The normalized spacial score (nSPS) is 18.5. The van der Waals surface area contributed by atoms with Crippen molar-refractivity contribution in [3.05, 3.63) is 35.5 Å². The molecule has 2 amide bonds. The van der Waals surface area contributed by atoms with Crippen molar-refractivity contribution < 1.29 is 19.1 Å². The molecule has 3 rings (SSSR count). The molecule has 31 heavy (non-hydrogen) atoms. The van der Waals surface area contributed by atoms with Crippen molar-refractivity contribution in [3.63, 3.8) is 0 Å². The highest BCUT2D eigenvalue weighted by atomic mass is 16.5. The summed E-state index contributed by atoms with van der Waals surface area (Å²) in [6, 6.07) is 7.71. The van der Waals surface area contributed by atoms with E-state index in [-0.39, 0.29) is 24.0 Å². The van der Waals surface area contributed by atoms with Gasteiger partial charge < -0.3 is 19.3 Å². The Morgan fingerprint density at radius 1 is 1.10 bits per heavy atom. The molecule has 0 aromatic heterocycles. The lowest BCUT2D eigenvalue weighted by Crippen LogP contribution is -2.43. The van der Waals surface area contributed by atoms with Gasteiger partial charge in [-0.2, -0.15) is 0 Å². The van der Waals surface area contributed by atoms with Crippen LogP contribution in [0.1, 0.15) is 38.7 Å². The van der Waals surface area contributed by atoms with E-state index in [0.29, 0.717) is 30.8 Å². The van der Waals surface area contributed by atoms with Gasteiger partial charge in [-0.25, -0.2) is 0 Å². The van der Waals surface area contributed by atoms with Crippen LogP contribution in [0.25, 0.3) is 5.57 Å². The van der Waals surface area contributed by atoms with Crippen molar-refractivity contribution in [2.75, 3.05) is 47.4 Å². The van der Waals surface area contributed by atoms with E-state index in [1.54, 1.807) is 7.11 Å². The van der Waals surface area contributed by atoms with Crippen LogP contribution in [0.3, 0.4) is 0 Å². The predicted octanol–water partition coefficient (Wildman–Crippen LogP) is 2.62. The largest absolute Gasteiger partial charge is 0.491 e. The number of nitrogens with zero attached hydrogens (tertiary/aromatic N) is 3. The zero-order chi connectivity index (χ0) is 22.5. The van der Waals surface area contributed by atoms with Gasteiger partial charge in [0.05, 0.1) is 11.7 Å². The summed E-state index contributed by atoms with van der Waals surface area (Å²) < 4.78 is 10.9. The Morgan fingerprint density at radius 3 is 2.32 bits per heavy atom. The lowest BCUT2D eigenvalue weighted by molar-refractivity contribution is -0.137. The van der Waals surface area contributed by atoms with Crippen LogP contribution in [0.2, 0.25) is 0 Å². The number of piperidine rings is 1. The number of imide groups is 1. The lowest BCUT2D eigenvalue weighted by atomic mass is 10.00. The van der Waals surface area contributed by atoms with E-state index in [4.69, 9.17) is 9.47 Å². The van der Waals surface area contributed by atoms with Gasteiger partial charge in [-0.1, -0.05) is 12.1 Å². The maximum absolute atomic E-state index is 13.4. The predicted molar refractivity (Wildman–Crippen MR) is 121 cm³/mol. The summed E-state index contributed by atoms with van der Waals surface area (Å²) in [4.78, 5) is 32.5. The first-order valence-electron chi connectivity index (χ1n) is 11.1. The van der Waals surface area contributed by atoms with E-state index < -0.39 is 0 Å². The van der Waals surface area contributed by atoms with Crippen molar-refractivity contribution >= 4 is 17.4 Å². The lowest BCUT2D eigenvalue weighted by Gasteiger charge is -2.36. The maximum atomic E-state index is 13.4. The van der Waals surface area contributed by atoms with Crippen LogP contribution in [-0.2, 0) is 14.3 Å². The minimum Gasteiger partial charge on any atom is -0.491 e. The molecule has 0 radical (unpaired) electrons. The number of methoxy groups -OCH3 is 1. The van der Waals surface area contributed by atoms with Crippen molar-refractivity contribution in [1.29, 1.82) is 0 Å². The molecule has 0 spiro atoms. The van der Waals surface area contributed by atoms with E-state index in [0.717, 1.165) is 37.2 Å². The highest BCUT2D eigenvalue weighted by molar-refractivity contribution is 6.35. The average molecular weight is 430 g/mol. The van der Waals surface area contributed by atoms with Gasteiger partial charge in [-0.05, 0) is 70.9 Å². The van der Waals surface area contributed by atoms with E-state index in [1.807, 2.05) is 50.1 Å². The SMILES string of the molecule is COCCCN1C(=O)C(c2ccc(OC(C)C)cc2)=C(N(C)C2CCN(C)CC2)C1=O. The summed E-state index contributed by atoms with van der Waals surface area (Å²) in [7, 11) is 5.69. The van der Waals surface area contributed by atoms with Gasteiger partial charge in [0, 0.05) is 33.4 Å². The smallest absolute Gasteiger partial charge is 0.277 e. The van der Waals surface area contributed by atoms with Crippen molar-refractivity contribution in [2.24, 2.45) is 0 Å². The molecule has 170 valence electrons. The Balaban J connectivity index is 1.93. The number of amides is 2. The van der Waals surface area contributed by atoms with Crippen LogP contribution in [-0.4, -0.2) is 86.1 Å². The third kappa shape index (κ3) is 5.28. The summed E-state index contributed by atoms with van der Waals surface area (Å²) in [6.07, 6.45) is 2.63. The zero-order valence-electron chi connectivity index (χ0n) is 19.4. The third-order valence-electron chi connectivity index (χ3n) is 5.98. The molecule has 1 aromatic rings. The molecule has 1 saturated heterocycles. The van der Waals surface area contributed by atoms with Crippen molar-refractivity contribution in [3.8, 4) is 5.75 Å². The Kier molecular flexibility index (Phi) is 7.73. The number of rotatable bonds is 9. The van der Waals surface area contributed by atoms with Gasteiger partial charge in [0.1, 0.15) is 11.4 Å². The minimum absolute atomic E-state index is 0.0714. The van der Waals surface area contributed by atoms with Gasteiger partial charge in [-0.3, -0.25) is 14.5 Å². The number of benzene rings is 1. The molecule has 1 fully saturated rings. The van der Waals surface area contributed by atoms with Gasteiger partial charge in [0.15, 0.2) is 0 Å². The first-order valence-corrected chi connectivity index (χ1v) is 11.1. The van der Waals surface area contributed by atoms with E-state index in [2.05, 4.69) is 11.9 Å². The van der Waals surface area contributed by atoms with Crippen LogP contribution >= 0.6 is 0 Å². The van der Waals surface area contributed by atoms with E-state index >= 15 is 0 Å². The number of likely N-dealkylation sites (N-methyl/N-ethyl adjacent to an activating group) is 1. The highest BCUT2D eigenvalue weighted by Gasteiger charge is 2.42. The Bertz CT molecular complexity index is 811. The molecule has 2 aliphatic rings. The number of hydrogen-bond donors (Lipinski definition) is 0. The third-order valence-corrected chi connectivity index (χ3v) is 5.98. The number of likely N-dealkylation sites (tertiary alicyclic amines) is 1. The summed E-state index contributed by atoms with van der Waals surface area (Å²) in [5.41, 5.74) is 1.74. The van der Waals surface area contributed by atoms with Gasteiger partial charge >= 0.3 is 0 Å². The van der Waals surface area contributed by atoms with Crippen molar-refractivity contribution in [2.45, 2.75) is 45.3 Å². The molecule has 0 saturated carbocycles. The minimum atomic E-state index is -0.228. The molecule has 7 heteroatoms. The Morgan fingerprint density at radius 2 is 1.74 bits per heavy atom. The highest BCUT2D eigenvalue weighted by Crippen LogP contribution is 2.34. The molecule has 1 aromatic carbocycles. The number of hydrogen-bond acceptors (Lipinski definition) is 6. The van der Waals surface area contributed by atoms with Gasteiger partial charge in [0.25, 0.3) is 11.8 Å². The fraction of sp³-hybridized carbons (Fsp3) is 0.583. The molecule has 0 bridgehead atoms. The molecule has 0 N–H and O–H groups in total. The topological polar surface area (TPSA) is 62.3 Å². The van der Waals surface area contributed by atoms with Crippen LogP contribution < -0.4 is 4.74 Å². The fourth-order valence-corrected chi connectivity index (χ4v) is 4.26. The zero-order valence-corrected chi connectivity index (χ0v) is 19.4. The molecule has 0 aliphatic carbocycles. The molecule has 2 heterocycles. The first kappa shape index (κ1) is 23.3.